The zero-order valence-electron chi connectivity index (χ0n) is 11.2. The average Bonchev–Trinajstić information content (AvgIpc) is 3.07. The minimum absolute atomic E-state index is 0.116. The first-order chi connectivity index (χ1) is 9.63. The van der Waals surface area contributed by atoms with Gasteiger partial charge in [-0.1, -0.05) is 12.8 Å². The largest absolute Gasteiger partial charge is 0.271 e. The van der Waals surface area contributed by atoms with Crippen LogP contribution in [0, 0.1) is 15.5 Å². The van der Waals surface area contributed by atoms with Crippen LogP contribution in [0.1, 0.15) is 25.7 Å². The lowest BCUT2D eigenvalue weighted by molar-refractivity contribution is -0.384. The van der Waals surface area contributed by atoms with Crippen molar-refractivity contribution < 1.29 is 4.92 Å². The smallest absolute Gasteiger partial charge is 0.264 e. The minimum atomic E-state index is -0.360. The summed E-state index contributed by atoms with van der Waals surface area (Å²) in [5.74, 6) is 0.837. The standard InChI is InChI=1S/C14H17N3O2S/c18-17(19)12-4-3-11-8-15-16(13(11)7-12)9-14(10-20)5-1-2-6-14/h3-4,7-8,20H,1-2,5-6,9-10H2. The van der Waals surface area contributed by atoms with E-state index in [1.807, 2.05) is 4.68 Å². The zero-order valence-corrected chi connectivity index (χ0v) is 12.1. The number of nitrogens with zero attached hydrogens (tertiary/aromatic N) is 3. The summed E-state index contributed by atoms with van der Waals surface area (Å²) in [7, 11) is 0. The number of benzene rings is 1. The maximum Gasteiger partial charge on any atom is 0.271 e. The van der Waals surface area contributed by atoms with Crippen LogP contribution < -0.4 is 0 Å². The van der Waals surface area contributed by atoms with Crippen LogP contribution in [-0.2, 0) is 6.54 Å². The molecule has 5 nitrogen and oxygen atoms in total. The first kappa shape index (κ1) is 13.4. The van der Waals surface area contributed by atoms with Crippen LogP contribution in [0.2, 0.25) is 0 Å². The predicted molar refractivity (Wildman–Crippen MR) is 81.1 cm³/mol. The van der Waals surface area contributed by atoms with Gasteiger partial charge < -0.3 is 0 Å². The minimum Gasteiger partial charge on any atom is -0.264 e. The van der Waals surface area contributed by atoms with E-state index in [0.29, 0.717) is 0 Å². The number of nitro benzene ring substituents is 1. The van der Waals surface area contributed by atoms with Gasteiger partial charge in [0.1, 0.15) is 0 Å². The lowest BCUT2D eigenvalue weighted by atomic mass is 9.88. The lowest BCUT2D eigenvalue weighted by Gasteiger charge is -2.27. The molecule has 0 amide bonds. The number of hydrogen-bond acceptors (Lipinski definition) is 4. The van der Waals surface area contributed by atoms with Gasteiger partial charge in [-0.05, 0) is 30.1 Å². The Morgan fingerprint density at radius 3 is 2.80 bits per heavy atom. The van der Waals surface area contributed by atoms with E-state index in [4.69, 9.17) is 0 Å². The SMILES string of the molecule is O=[N+]([O-])c1ccc2cnn(CC3(CS)CCCC3)c2c1. The number of fused-ring (bicyclic) bond motifs is 1. The van der Waals surface area contributed by atoms with Gasteiger partial charge in [-0.3, -0.25) is 14.8 Å². The Hall–Kier alpha value is -1.56. The van der Waals surface area contributed by atoms with Crippen molar-refractivity contribution in [1.29, 1.82) is 0 Å². The second-order valence-electron chi connectivity index (χ2n) is 5.67. The number of thiol groups is 1. The van der Waals surface area contributed by atoms with Gasteiger partial charge in [-0.25, -0.2) is 0 Å². The Bertz CT molecular complexity index is 647. The molecule has 1 aliphatic carbocycles. The molecule has 1 heterocycles. The highest BCUT2D eigenvalue weighted by Crippen LogP contribution is 2.41. The van der Waals surface area contributed by atoms with Crippen molar-refractivity contribution in [2.45, 2.75) is 32.2 Å². The summed E-state index contributed by atoms with van der Waals surface area (Å²) in [5, 5.41) is 16.3. The summed E-state index contributed by atoms with van der Waals surface area (Å²) < 4.78 is 1.91. The quantitative estimate of drug-likeness (QED) is 0.533. The summed E-state index contributed by atoms with van der Waals surface area (Å²) in [4.78, 5) is 10.5. The highest BCUT2D eigenvalue weighted by Gasteiger charge is 2.33. The van der Waals surface area contributed by atoms with Gasteiger partial charge in [-0.15, -0.1) is 0 Å². The molecule has 0 bridgehead atoms. The molecule has 2 aromatic rings. The summed E-state index contributed by atoms with van der Waals surface area (Å²) >= 11 is 4.51. The molecule has 0 unspecified atom stereocenters. The van der Waals surface area contributed by atoms with Gasteiger partial charge >= 0.3 is 0 Å². The topological polar surface area (TPSA) is 61.0 Å². The molecule has 0 saturated heterocycles. The van der Waals surface area contributed by atoms with Crippen molar-refractivity contribution in [3.05, 3.63) is 34.5 Å². The van der Waals surface area contributed by atoms with Crippen molar-refractivity contribution >= 4 is 29.2 Å². The molecule has 1 aromatic heterocycles. The molecule has 1 saturated carbocycles. The van der Waals surface area contributed by atoms with Crippen molar-refractivity contribution in [3.8, 4) is 0 Å². The van der Waals surface area contributed by atoms with Gasteiger partial charge in [0.2, 0.25) is 0 Å². The van der Waals surface area contributed by atoms with E-state index < -0.39 is 0 Å². The third-order valence-electron chi connectivity index (χ3n) is 4.32. The number of rotatable bonds is 4. The van der Waals surface area contributed by atoms with Crippen LogP contribution >= 0.6 is 12.6 Å². The molecule has 3 rings (SSSR count). The fraction of sp³-hybridized carbons (Fsp3) is 0.500. The number of nitro groups is 1. The summed E-state index contributed by atoms with van der Waals surface area (Å²) in [6.45, 7) is 0.793. The van der Waals surface area contributed by atoms with Crippen LogP contribution in [0.4, 0.5) is 5.69 Å². The van der Waals surface area contributed by atoms with E-state index in [9.17, 15) is 10.1 Å². The molecule has 106 valence electrons. The maximum absolute atomic E-state index is 10.9. The second-order valence-corrected chi connectivity index (χ2v) is 5.98. The third-order valence-corrected chi connectivity index (χ3v) is 4.99. The fourth-order valence-electron chi connectivity index (χ4n) is 3.11. The van der Waals surface area contributed by atoms with Gasteiger partial charge in [0.15, 0.2) is 0 Å². The molecule has 0 aliphatic heterocycles. The van der Waals surface area contributed by atoms with Crippen LogP contribution in [0.25, 0.3) is 10.9 Å². The normalized spacial score (nSPS) is 17.6. The molecule has 0 atom stereocenters. The van der Waals surface area contributed by atoms with E-state index in [1.165, 1.54) is 18.9 Å². The van der Waals surface area contributed by atoms with Crippen molar-refractivity contribution in [3.63, 3.8) is 0 Å². The predicted octanol–water partition coefficient (Wildman–Crippen LogP) is 3.43. The molecule has 20 heavy (non-hydrogen) atoms. The zero-order chi connectivity index (χ0) is 14.2. The number of aromatic nitrogens is 2. The third kappa shape index (κ3) is 2.28. The molecule has 1 aromatic carbocycles. The van der Waals surface area contributed by atoms with Crippen molar-refractivity contribution in [2.24, 2.45) is 5.41 Å². The van der Waals surface area contributed by atoms with Crippen molar-refractivity contribution in [1.82, 2.24) is 9.78 Å². The Morgan fingerprint density at radius 2 is 2.15 bits per heavy atom. The Labute approximate surface area is 122 Å². The molecular weight excluding hydrogens is 274 g/mol. The first-order valence-corrected chi connectivity index (χ1v) is 7.48. The van der Waals surface area contributed by atoms with E-state index in [1.54, 1.807) is 18.3 Å². The van der Waals surface area contributed by atoms with E-state index in [0.717, 1.165) is 36.0 Å². The van der Waals surface area contributed by atoms with E-state index in [-0.39, 0.29) is 16.0 Å². The Kier molecular flexibility index (Phi) is 3.41. The van der Waals surface area contributed by atoms with Crippen LogP contribution in [0.5, 0.6) is 0 Å². The van der Waals surface area contributed by atoms with E-state index in [2.05, 4.69) is 17.7 Å². The van der Waals surface area contributed by atoms with Gasteiger partial charge in [0.25, 0.3) is 5.69 Å². The molecule has 1 fully saturated rings. The van der Waals surface area contributed by atoms with Gasteiger partial charge in [0.05, 0.1) is 16.6 Å². The molecular formula is C14H17N3O2S. The molecule has 0 radical (unpaired) electrons. The summed E-state index contributed by atoms with van der Waals surface area (Å²) in [6, 6.07) is 4.90. The second kappa shape index (κ2) is 5.09. The van der Waals surface area contributed by atoms with E-state index >= 15 is 0 Å². The first-order valence-electron chi connectivity index (χ1n) is 6.84. The Morgan fingerprint density at radius 1 is 1.40 bits per heavy atom. The van der Waals surface area contributed by atoms with Gasteiger partial charge in [0, 0.05) is 24.1 Å². The molecule has 6 heteroatoms. The van der Waals surface area contributed by atoms with Crippen LogP contribution in [0.15, 0.2) is 24.4 Å². The highest BCUT2D eigenvalue weighted by atomic mass is 32.1. The van der Waals surface area contributed by atoms with Crippen LogP contribution in [-0.4, -0.2) is 20.5 Å². The number of non-ortho nitro benzene ring substituents is 1. The van der Waals surface area contributed by atoms with Crippen molar-refractivity contribution in [2.75, 3.05) is 5.75 Å². The molecule has 0 spiro atoms. The Balaban J connectivity index is 1.98. The summed E-state index contributed by atoms with van der Waals surface area (Å²) in [6.07, 6.45) is 6.57. The lowest BCUT2D eigenvalue weighted by Crippen LogP contribution is -2.26. The molecule has 1 aliphatic rings. The average molecular weight is 291 g/mol. The van der Waals surface area contributed by atoms with Gasteiger partial charge in [-0.2, -0.15) is 17.7 Å². The van der Waals surface area contributed by atoms with Crippen LogP contribution in [0.3, 0.4) is 0 Å². The highest BCUT2D eigenvalue weighted by molar-refractivity contribution is 7.80. The molecule has 0 N–H and O–H groups in total. The monoisotopic (exact) mass is 291 g/mol. The number of hydrogen-bond donors (Lipinski definition) is 1. The maximum atomic E-state index is 10.9. The summed E-state index contributed by atoms with van der Waals surface area (Å²) in [5.41, 5.74) is 1.14. The fourth-order valence-corrected chi connectivity index (χ4v) is 3.52.